The maximum absolute atomic E-state index is 9.94. The molecule has 0 amide bonds. The standard InChI is InChI=1S/C13H27NO2/c1-13(2,16-3)9-10-14-11-7-5-4-6-8-12(11)15/h11-12,14-15H,4-10H2,1-3H3. The molecule has 1 aliphatic carbocycles. The lowest BCUT2D eigenvalue weighted by Crippen LogP contribution is -2.41. The van der Waals surface area contributed by atoms with Crippen LogP contribution in [0.25, 0.3) is 0 Å². The molecule has 3 heteroatoms. The maximum atomic E-state index is 9.94. The van der Waals surface area contributed by atoms with Crippen LogP contribution in [0.15, 0.2) is 0 Å². The van der Waals surface area contributed by atoms with Gasteiger partial charge in [0.2, 0.25) is 0 Å². The summed E-state index contributed by atoms with van der Waals surface area (Å²) in [4.78, 5) is 0. The first-order chi connectivity index (χ1) is 7.55. The summed E-state index contributed by atoms with van der Waals surface area (Å²) in [5.41, 5.74) is -0.0668. The lowest BCUT2D eigenvalue weighted by Gasteiger charge is -2.26. The Morgan fingerprint density at radius 1 is 1.25 bits per heavy atom. The van der Waals surface area contributed by atoms with E-state index in [1.54, 1.807) is 7.11 Å². The van der Waals surface area contributed by atoms with Crippen LogP contribution in [0.4, 0.5) is 0 Å². The molecule has 1 fully saturated rings. The summed E-state index contributed by atoms with van der Waals surface area (Å²) in [5, 5.41) is 13.4. The van der Waals surface area contributed by atoms with Crippen LogP contribution in [-0.4, -0.2) is 36.5 Å². The Kier molecular flexibility index (Phi) is 5.73. The zero-order chi connectivity index (χ0) is 12.0. The molecular weight excluding hydrogens is 202 g/mol. The van der Waals surface area contributed by atoms with Gasteiger partial charge in [-0.25, -0.2) is 0 Å². The van der Waals surface area contributed by atoms with Crippen molar-refractivity contribution in [1.82, 2.24) is 5.32 Å². The van der Waals surface area contributed by atoms with Crippen molar-refractivity contribution in [2.75, 3.05) is 13.7 Å². The Balaban J connectivity index is 2.25. The molecule has 2 N–H and O–H groups in total. The highest BCUT2D eigenvalue weighted by Crippen LogP contribution is 2.18. The summed E-state index contributed by atoms with van der Waals surface area (Å²) < 4.78 is 5.38. The summed E-state index contributed by atoms with van der Waals surface area (Å²) in [5.74, 6) is 0. The van der Waals surface area contributed by atoms with Crippen molar-refractivity contribution in [3.63, 3.8) is 0 Å². The van der Waals surface area contributed by atoms with E-state index >= 15 is 0 Å². The molecule has 0 aromatic carbocycles. The second-order valence-corrected chi connectivity index (χ2v) is 5.48. The minimum absolute atomic E-state index is 0.0668. The Morgan fingerprint density at radius 3 is 2.62 bits per heavy atom. The van der Waals surface area contributed by atoms with Crippen LogP contribution in [0.3, 0.4) is 0 Å². The SMILES string of the molecule is COC(C)(C)CCNC1CCCCCC1O. The number of aliphatic hydroxyl groups is 1. The molecule has 2 atom stereocenters. The van der Waals surface area contributed by atoms with E-state index < -0.39 is 0 Å². The number of aliphatic hydroxyl groups excluding tert-OH is 1. The van der Waals surface area contributed by atoms with E-state index in [0.717, 1.165) is 25.8 Å². The molecule has 1 aliphatic rings. The van der Waals surface area contributed by atoms with Gasteiger partial charge in [0.15, 0.2) is 0 Å². The first-order valence-corrected chi connectivity index (χ1v) is 6.52. The molecule has 0 heterocycles. The topological polar surface area (TPSA) is 41.5 Å². The number of methoxy groups -OCH3 is 1. The van der Waals surface area contributed by atoms with Crippen molar-refractivity contribution in [2.45, 2.75) is 70.1 Å². The average Bonchev–Trinajstić information content (AvgIpc) is 2.44. The Bertz CT molecular complexity index is 194. The first-order valence-electron chi connectivity index (χ1n) is 6.52. The minimum atomic E-state index is -0.159. The third-order valence-corrected chi connectivity index (χ3v) is 3.67. The van der Waals surface area contributed by atoms with Gasteiger partial charge in [-0.2, -0.15) is 0 Å². The van der Waals surface area contributed by atoms with E-state index in [1.807, 2.05) is 0 Å². The van der Waals surface area contributed by atoms with Crippen molar-refractivity contribution < 1.29 is 9.84 Å². The van der Waals surface area contributed by atoms with Gasteiger partial charge < -0.3 is 15.2 Å². The van der Waals surface area contributed by atoms with Gasteiger partial charge in [-0.3, -0.25) is 0 Å². The third-order valence-electron chi connectivity index (χ3n) is 3.67. The van der Waals surface area contributed by atoms with Crippen LogP contribution >= 0.6 is 0 Å². The first kappa shape index (κ1) is 13.9. The van der Waals surface area contributed by atoms with E-state index in [0.29, 0.717) is 0 Å². The Labute approximate surface area is 99.6 Å². The molecule has 16 heavy (non-hydrogen) atoms. The fourth-order valence-corrected chi connectivity index (χ4v) is 2.19. The molecule has 0 aromatic heterocycles. The van der Waals surface area contributed by atoms with E-state index in [-0.39, 0.29) is 17.7 Å². The summed E-state index contributed by atoms with van der Waals surface area (Å²) in [6, 6.07) is 0.287. The van der Waals surface area contributed by atoms with Gasteiger partial charge in [-0.15, -0.1) is 0 Å². The molecule has 96 valence electrons. The number of rotatable bonds is 5. The van der Waals surface area contributed by atoms with Crippen molar-refractivity contribution in [3.8, 4) is 0 Å². The fraction of sp³-hybridized carbons (Fsp3) is 1.00. The molecular formula is C13H27NO2. The van der Waals surface area contributed by atoms with Gasteiger partial charge in [0.25, 0.3) is 0 Å². The average molecular weight is 229 g/mol. The number of nitrogens with one attached hydrogen (secondary N) is 1. The predicted molar refractivity (Wildman–Crippen MR) is 66.6 cm³/mol. The maximum Gasteiger partial charge on any atom is 0.0693 e. The van der Waals surface area contributed by atoms with E-state index in [9.17, 15) is 5.11 Å². The van der Waals surface area contributed by atoms with Crippen LogP contribution in [0.5, 0.6) is 0 Å². The molecule has 3 nitrogen and oxygen atoms in total. The monoisotopic (exact) mass is 229 g/mol. The Hall–Kier alpha value is -0.120. The van der Waals surface area contributed by atoms with Crippen molar-refractivity contribution in [2.24, 2.45) is 0 Å². The molecule has 0 bridgehead atoms. The summed E-state index contributed by atoms with van der Waals surface area (Å²) in [6.45, 7) is 5.11. The molecule has 2 unspecified atom stereocenters. The van der Waals surface area contributed by atoms with Crippen molar-refractivity contribution in [3.05, 3.63) is 0 Å². The second kappa shape index (κ2) is 6.58. The van der Waals surface area contributed by atoms with Crippen molar-refractivity contribution >= 4 is 0 Å². The van der Waals surface area contributed by atoms with Gasteiger partial charge in [0, 0.05) is 13.2 Å². The van der Waals surface area contributed by atoms with Gasteiger partial charge in [0.1, 0.15) is 0 Å². The van der Waals surface area contributed by atoms with Crippen LogP contribution in [0.1, 0.15) is 52.4 Å². The second-order valence-electron chi connectivity index (χ2n) is 5.48. The largest absolute Gasteiger partial charge is 0.392 e. The third kappa shape index (κ3) is 4.81. The number of hydrogen-bond donors (Lipinski definition) is 2. The van der Waals surface area contributed by atoms with Crippen LogP contribution in [-0.2, 0) is 4.74 Å². The Morgan fingerprint density at radius 2 is 1.94 bits per heavy atom. The molecule has 1 saturated carbocycles. The zero-order valence-electron chi connectivity index (χ0n) is 11.0. The van der Waals surface area contributed by atoms with Crippen LogP contribution < -0.4 is 5.32 Å². The van der Waals surface area contributed by atoms with E-state index in [2.05, 4.69) is 19.2 Å². The van der Waals surface area contributed by atoms with E-state index in [4.69, 9.17) is 4.74 Å². The molecule has 0 saturated heterocycles. The van der Waals surface area contributed by atoms with Crippen LogP contribution in [0.2, 0.25) is 0 Å². The number of ether oxygens (including phenoxy) is 1. The zero-order valence-corrected chi connectivity index (χ0v) is 11.0. The van der Waals surface area contributed by atoms with Gasteiger partial charge in [-0.05, 0) is 39.7 Å². The highest BCUT2D eigenvalue weighted by molar-refractivity contribution is 4.80. The van der Waals surface area contributed by atoms with Gasteiger partial charge in [-0.1, -0.05) is 19.3 Å². The molecule has 1 rings (SSSR count). The molecule has 0 aliphatic heterocycles. The predicted octanol–water partition coefficient (Wildman–Crippen LogP) is 2.08. The molecule has 0 spiro atoms. The summed E-state index contributed by atoms with van der Waals surface area (Å²) in [7, 11) is 1.75. The van der Waals surface area contributed by atoms with Crippen LogP contribution in [0, 0.1) is 0 Å². The quantitative estimate of drug-likeness (QED) is 0.709. The lowest BCUT2D eigenvalue weighted by molar-refractivity contribution is 0.0136. The lowest BCUT2D eigenvalue weighted by atomic mass is 10.0. The highest BCUT2D eigenvalue weighted by atomic mass is 16.5. The summed E-state index contributed by atoms with van der Waals surface area (Å²) in [6.07, 6.45) is 6.55. The van der Waals surface area contributed by atoms with Gasteiger partial charge in [0.05, 0.1) is 11.7 Å². The fourth-order valence-electron chi connectivity index (χ4n) is 2.19. The van der Waals surface area contributed by atoms with Crippen molar-refractivity contribution in [1.29, 1.82) is 0 Å². The smallest absolute Gasteiger partial charge is 0.0693 e. The molecule has 0 aromatic rings. The highest BCUT2D eigenvalue weighted by Gasteiger charge is 2.22. The van der Waals surface area contributed by atoms with Gasteiger partial charge >= 0.3 is 0 Å². The summed E-state index contributed by atoms with van der Waals surface area (Å²) >= 11 is 0. The normalized spacial score (nSPS) is 27.8. The van der Waals surface area contributed by atoms with E-state index in [1.165, 1.54) is 19.3 Å². The minimum Gasteiger partial charge on any atom is -0.392 e. The number of hydrogen-bond acceptors (Lipinski definition) is 3. The molecule has 0 radical (unpaired) electrons.